The molecule has 0 radical (unpaired) electrons. The molecule has 0 aromatic heterocycles. The van der Waals surface area contributed by atoms with Crippen molar-refractivity contribution in [1.82, 2.24) is 4.90 Å². The molecule has 1 saturated heterocycles. The van der Waals surface area contributed by atoms with Crippen molar-refractivity contribution >= 4 is 23.2 Å². The van der Waals surface area contributed by atoms with E-state index in [0.717, 1.165) is 6.54 Å². The summed E-state index contributed by atoms with van der Waals surface area (Å²) in [5.41, 5.74) is 1.39. The van der Waals surface area contributed by atoms with Gasteiger partial charge in [0.15, 0.2) is 0 Å². The summed E-state index contributed by atoms with van der Waals surface area (Å²) >= 11 is 11.9. The van der Waals surface area contributed by atoms with E-state index in [0.29, 0.717) is 23.8 Å². The number of likely N-dealkylation sites (tertiary alicyclic amines) is 1. The van der Waals surface area contributed by atoms with Crippen molar-refractivity contribution < 1.29 is 0 Å². The van der Waals surface area contributed by atoms with Crippen LogP contribution in [-0.2, 0) is 0 Å². The Morgan fingerprint density at radius 3 is 2.50 bits per heavy atom. The minimum absolute atomic E-state index is 0.491. The standard InChI is InChI=1S/C13H17Cl2N/c14-8-9-16-12(10-15)6-7-13(16)11-4-2-1-3-5-11/h1-5,12-13H,6-10H2/t12-,13-/m1/s1. The number of nitrogens with zero attached hydrogens (tertiary/aromatic N) is 1. The van der Waals surface area contributed by atoms with Gasteiger partial charge in [-0.25, -0.2) is 0 Å². The lowest BCUT2D eigenvalue weighted by atomic mass is 10.0. The van der Waals surface area contributed by atoms with E-state index in [1.807, 2.05) is 0 Å². The Labute approximate surface area is 107 Å². The molecule has 1 aromatic rings. The Morgan fingerprint density at radius 2 is 1.88 bits per heavy atom. The van der Waals surface area contributed by atoms with Crippen LogP contribution in [-0.4, -0.2) is 29.2 Å². The lowest BCUT2D eigenvalue weighted by Crippen LogP contribution is -2.34. The average molecular weight is 258 g/mol. The first kappa shape index (κ1) is 12.2. The summed E-state index contributed by atoms with van der Waals surface area (Å²) in [6.07, 6.45) is 2.37. The molecular weight excluding hydrogens is 241 g/mol. The molecule has 2 rings (SSSR count). The molecule has 1 heterocycles. The average Bonchev–Trinajstić information content (AvgIpc) is 2.74. The van der Waals surface area contributed by atoms with Crippen molar-refractivity contribution in [3.63, 3.8) is 0 Å². The largest absolute Gasteiger partial charge is 0.291 e. The minimum Gasteiger partial charge on any atom is -0.291 e. The Kier molecular flexibility index (Phi) is 4.51. The van der Waals surface area contributed by atoms with Crippen LogP contribution in [0.4, 0.5) is 0 Å². The van der Waals surface area contributed by atoms with E-state index in [4.69, 9.17) is 23.2 Å². The predicted molar refractivity (Wildman–Crippen MR) is 70.4 cm³/mol. The molecule has 2 atom stereocenters. The topological polar surface area (TPSA) is 3.24 Å². The van der Waals surface area contributed by atoms with Gasteiger partial charge in [-0.3, -0.25) is 4.90 Å². The Balaban J connectivity index is 2.15. The molecule has 1 aromatic carbocycles. The van der Waals surface area contributed by atoms with Gasteiger partial charge in [-0.15, -0.1) is 23.2 Å². The third-order valence-corrected chi connectivity index (χ3v) is 3.87. The van der Waals surface area contributed by atoms with Crippen molar-refractivity contribution in [2.24, 2.45) is 0 Å². The van der Waals surface area contributed by atoms with Gasteiger partial charge in [0.05, 0.1) is 0 Å². The zero-order valence-corrected chi connectivity index (χ0v) is 10.8. The Hall–Kier alpha value is -0.240. The Morgan fingerprint density at radius 1 is 1.12 bits per heavy atom. The summed E-state index contributed by atoms with van der Waals surface area (Å²) in [4.78, 5) is 2.45. The lowest BCUT2D eigenvalue weighted by Gasteiger charge is -2.28. The quantitative estimate of drug-likeness (QED) is 0.745. The van der Waals surface area contributed by atoms with Crippen LogP contribution in [0.15, 0.2) is 30.3 Å². The first-order valence-electron chi connectivity index (χ1n) is 5.79. The van der Waals surface area contributed by atoms with Crippen LogP contribution in [0.25, 0.3) is 0 Å². The van der Waals surface area contributed by atoms with Crippen molar-refractivity contribution in [2.45, 2.75) is 24.9 Å². The van der Waals surface area contributed by atoms with Crippen molar-refractivity contribution in [2.75, 3.05) is 18.3 Å². The second kappa shape index (κ2) is 5.90. The third kappa shape index (κ3) is 2.53. The van der Waals surface area contributed by atoms with Gasteiger partial charge in [-0.1, -0.05) is 30.3 Å². The first-order valence-corrected chi connectivity index (χ1v) is 6.86. The van der Waals surface area contributed by atoms with Gasteiger partial charge in [-0.2, -0.15) is 0 Å². The summed E-state index contributed by atoms with van der Waals surface area (Å²) in [6.45, 7) is 0.929. The van der Waals surface area contributed by atoms with Crippen LogP contribution >= 0.6 is 23.2 Å². The van der Waals surface area contributed by atoms with Gasteiger partial charge in [0.1, 0.15) is 0 Å². The minimum atomic E-state index is 0.491. The van der Waals surface area contributed by atoms with E-state index >= 15 is 0 Å². The maximum absolute atomic E-state index is 6.01. The fraction of sp³-hybridized carbons (Fsp3) is 0.538. The fourth-order valence-corrected chi connectivity index (χ4v) is 3.10. The van der Waals surface area contributed by atoms with Crippen LogP contribution in [0.3, 0.4) is 0 Å². The highest BCUT2D eigenvalue weighted by Crippen LogP contribution is 2.36. The zero-order chi connectivity index (χ0) is 11.4. The number of rotatable bonds is 4. The fourth-order valence-electron chi connectivity index (χ4n) is 2.57. The molecule has 0 unspecified atom stereocenters. The van der Waals surface area contributed by atoms with Gasteiger partial charge in [0.25, 0.3) is 0 Å². The van der Waals surface area contributed by atoms with E-state index < -0.39 is 0 Å². The van der Waals surface area contributed by atoms with Gasteiger partial charge in [0, 0.05) is 30.4 Å². The van der Waals surface area contributed by atoms with Crippen LogP contribution < -0.4 is 0 Å². The molecule has 1 nitrogen and oxygen atoms in total. The summed E-state index contributed by atoms with van der Waals surface area (Å²) in [5.74, 6) is 1.39. The summed E-state index contributed by atoms with van der Waals surface area (Å²) in [6, 6.07) is 11.6. The second-order valence-corrected chi connectivity index (χ2v) is 4.93. The number of hydrogen-bond donors (Lipinski definition) is 0. The highest BCUT2D eigenvalue weighted by molar-refractivity contribution is 6.18. The molecule has 0 amide bonds. The summed E-state index contributed by atoms with van der Waals surface area (Å²) < 4.78 is 0. The molecule has 3 heteroatoms. The SMILES string of the molecule is ClCCN1[C@@H](CCl)CC[C@@H]1c1ccccc1. The second-order valence-electron chi connectivity index (χ2n) is 4.24. The van der Waals surface area contributed by atoms with E-state index in [-0.39, 0.29) is 0 Å². The number of benzene rings is 1. The molecule has 1 fully saturated rings. The summed E-state index contributed by atoms with van der Waals surface area (Å²) in [5, 5.41) is 0. The van der Waals surface area contributed by atoms with Gasteiger partial charge in [-0.05, 0) is 18.4 Å². The van der Waals surface area contributed by atoms with Crippen LogP contribution in [0.2, 0.25) is 0 Å². The van der Waals surface area contributed by atoms with Gasteiger partial charge in [0.2, 0.25) is 0 Å². The van der Waals surface area contributed by atoms with Crippen LogP contribution in [0, 0.1) is 0 Å². The van der Waals surface area contributed by atoms with Crippen molar-refractivity contribution in [3.05, 3.63) is 35.9 Å². The van der Waals surface area contributed by atoms with Crippen molar-refractivity contribution in [3.8, 4) is 0 Å². The number of halogens is 2. The molecule has 1 aliphatic heterocycles. The van der Waals surface area contributed by atoms with E-state index in [2.05, 4.69) is 35.2 Å². The summed E-state index contributed by atoms with van der Waals surface area (Å²) in [7, 11) is 0. The maximum Gasteiger partial charge on any atom is 0.0379 e. The molecule has 0 spiro atoms. The molecule has 0 N–H and O–H groups in total. The molecular formula is C13H17Cl2N. The number of alkyl halides is 2. The predicted octanol–water partition coefficient (Wildman–Crippen LogP) is 3.67. The monoisotopic (exact) mass is 257 g/mol. The molecule has 0 aliphatic carbocycles. The lowest BCUT2D eigenvalue weighted by molar-refractivity contribution is 0.219. The van der Waals surface area contributed by atoms with Crippen LogP contribution in [0.1, 0.15) is 24.4 Å². The van der Waals surface area contributed by atoms with E-state index in [1.54, 1.807) is 0 Å². The van der Waals surface area contributed by atoms with E-state index in [1.165, 1.54) is 18.4 Å². The van der Waals surface area contributed by atoms with Crippen molar-refractivity contribution in [1.29, 1.82) is 0 Å². The molecule has 16 heavy (non-hydrogen) atoms. The highest BCUT2D eigenvalue weighted by Gasteiger charge is 2.32. The van der Waals surface area contributed by atoms with E-state index in [9.17, 15) is 0 Å². The van der Waals surface area contributed by atoms with Gasteiger partial charge < -0.3 is 0 Å². The zero-order valence-electron chi connectivity index (χ0n) is 9.28. The third-order valence-electron chi connectivity index (χ3n) is 3.35. The smallest absolute Gasteiger partial charge is 0.0379 e. The highest BCUT2D eigenvalue weighted by atomic mass is 35.5. The Bertz CT molecular complexity index is 315. The van der Waals surface area contributed by atoms with Crippen LogP contribution in [0.5, 0.6) is 0 Å². The molecule has 0 bridgehead atoms. The molecule has 1 aliphatic rings. The maximum atomic E-state index is 6.01. The normalized spacial score (nSPS) is 26.1. The molecule has 0 saturated carbocycles. The van der Waals surface area contributed by atoms with Gasteiger partial charge >= 0.3 is 0 Å². The number of hydrogen-bond acceptors (Lipinski definition) is 1. The molecule has 88 valence electrons. The first-order chi connectivity index (χ1) is 7.86.